The number of nitrogens with zero attached hydrogens (tertiary/aromatic N) is 1. The minimum atomic E-state index is 0.374. The smallest absolute Gasteiger partial charge is 0.0473 e. The highest BCUT2D eigenvalue weighted by Crippen LogP contribution is 2.28. The molecule has 3 heteroatoms. The summed E-state index contributed by atoms with van der Waals surface area (Å²) in [4.78, 5) is 2.56. The third-order valence-corrected chi connectivity index (χ3v) is 4.26. The largest absolute Gasteiger partial charge is 0.329 e. The van der Waals surface area contributed by atoms with Gasteiger partial charge in [0, 0.05) is 23.1 Å². The highest BCUT2D eigenvalue weighted by atomic mass is 79.9. The highest BCUT2D eigenvalue weighted by molar-refractivity contribution is 9.10. The first kappa shape index (κ1) is 13.1. The molecule has 2 nitrogen and oxygen atoms in total. The Morgan fingerprint density at radius 3 is 2.65 bits per heavy atom. The summed E-state index contributed by atoms with van der Waals surface area (Å²) in [5.41, 5.74) is 7.32. The van der Waals surface area contributed by atoms with Gasteiger partial charge in [-0.15, -0.1) is 0 Å². The third kappa shape index (κ3) is 3.09. The lowest BCUT2D eigenvalue weighted by Crippen LogP contribution is -2.43. The van der Waals surface area contributed by atoms with Gasteiger partial charge < -0.3 is 5.73 Å². The lowest BCUT2D eigenvalue weighted by molar-refractivity contribution is 0.109. The molecule has 2 atom stereocenters. The maximum atomic E-state index is 5.98. The van der Waals surface area contributed by atoms with E-state index in [1.165, 1.54) is 31.4 Å². The van der Waals surface area contributed by atoms with Crippen molar-refractivity contribution >= 4 is 15.9 Å². The molecule has 2 N–H and O–H groups in total. The van der Waals surface area contributed by atoms with Gasteiger partial charge in [-0.25, -0.2) is 0 Å². The van der Waals surface area contributed by atoms with Crippen LogP contribution in [0.25, 0.3) is 0 Å². The van der Waals surface area contributed by atoms with Crippen LogP contribution in [0.3, 0.4) is 0 Å². The van der Waals surface area contributed by atoms with Crippen molar-refractivity contribution in [2.24, 2.45) is 5.73 Å². The Hall–Kier alpha value is -0.380. The van der Waals surface area contributed by atoms with Gasteiger partial charge in [0.2, 0.25) is 0 Å². The van der Waals surface area contributed by atoms with Crippen molar-refractivity contribution in [2.75, 3.05) is 13.1 Å². The number of hydrogen-bond donors (Lipinski definition) is 1. The number of piperidine rings is 1. The highest BCUT2D eigenvalue weighted by Gasteiger charge is 2.25. The maximum Gasteiger partial charge on any atom is 0.0473 e. The van der Waals surface area contributed by atoms with Gasteiger partial charge in [0.15, 0.2) is 0 Å². The van der Waals surface area contributed by atoms with Crippen LogP contribution in [-0.4, -0.2) is 24.0 Å². The summed E-state index contributed by atoms with van der Waals surface area (Å²) in [6, 6.07) is 9.60. The molecule has 1 heterocycles. The molecule has 2 unspecified atom stereocenters. The van der Waals surface area contributed by atoms with Gasteiger partial charge in [0.1, 0.15) is 0 Å². The Morgan fingerprint density at radius 1 is 1.35 bits per heavy atom. The molecule has 1 fully saturated rings. The Kier molecular flexibility index (Phi) is 4.60. The van der Waals surface area contributed by atoms with E-state index in [-0.39, 0.29) is 0 Å². The Bertz CT molecular complexity index is 350. The van der Waals surface area contributed by atoms with Gasteiger partial charge in [-0.3, -0.25) is 4.90 Å². The van der Waals surface area contributed by atoms with Gasteiger partial charge >= 0.3 is 0 Å². The van der Waals surface area contributed by atoms with Crippen LogP contribution in [-0.2, 0) is 0 Å². The van der Waals surface area contributed by atoms with Crippen molar-refractivity contribution in [3.8, 4) is 0 Å². The third-order valence-electron chi connectivity index (χ3n) is 3.73. The van der Waals surface area contributed by atoms with Crippen LogP contribution in [0.5, 0.6) is 0 Å². The fraction of sp³-hybridized carbons (Fsp3) is 0.571. The number of likely N-dealkylation sites (tertiary alicyclic amines) is 1. The first-order chi connectivity index (χ1) is 8.22. The van der Waals surface area contributed by atoms with E-state index in [4.69, 9.17) is 5.73 Å². The SMILES string of the molecule is CC1CCCCN1C(CN)c1ccc(Br)cc1. The van der Waals surface area contributed by atoms with E-state index in [9.17, 15) is 0 Å². The van der Waals surface area contributed by atoms with E-state index in [0.717, 1.165) is 4.47 Å². The summed E-state index contributed by atoms with van der Waals surface area (Å²) in [6.45, 7) is 4.20. The molecule has 0 bridgehead atoms. The zero-order chi connectivity index (χ0) is 12.3. The predicted molar refractivity (Wildman–Crippen MR) is 76.0 cm³/mol. The molecule has 0 aliphatic carbocycles. The topological polar surface area (TPSA) is 29.3 Å². The van der Waals surface area contributed by atoms with E-state index in [1.54, 1.807) is 0 Å². The Labute approximate surface area is 112 Å². The normalized spacial score (nSPS) is 23.6. The van der Waals surface area contributed by atoms with Gasteiger partial charge in [0.05, 0.1) is 0 Å². The van der Waals surface area contributed by atoms with Crippen LogP contribution < -0.4 is 5.73 Å². The minimum absolute atomic E-state index is 0.374. The van der Waals surface area contributed by atoms with Gasteiger partial charge in [-0.1, -0.05) is 34.5 Å². The lowest BCUT2D eigenvalue weighted by Gasteiger charge is -2.39. The second-order valence-corrected chi connectivity index (χ2v) is 5.80. The molecule has 0 amide bonds. The molecule has 0 saturated carbocycles. The maximum absolute atomic E-state index is 5.98. The van der Waals surface area contributed by atoms with Crippen LogP contribution in [0, 0.1) is 0 Å². The van der Waals surface area contributed by atoms with Crippen LogP contribution in [0.1, 0.15) is 37.8 Å². The van der Waals surface area contributed by atoms with Crippen molar-refractivity contribution in [3.05, 3.63) is 34.3 Å². The number of nitrogens with two attached hydrogens (primary N) is 1. The molecule has 1 aromatic rings. The Morgan fingerprint density at radius 2 is 2.06 bits per heavy atom. The summed E-state index contributed by atoms with van der Waals surface area (Å²) in [5, 5.41) is 0. The quantitative estimate of drug-likeness (QED) is 0.927. The molecule has 94 valence electrons. The molecular weight excluding hydrogens is 276 g/mol. The van der Waals surface area contributed by atoms with Crippen LogP contribution in [0.2, 0.25) is 0 Å². The zero-order valence-corrected chi connectivity index (χ0v) is 12.0. The summed E-state index contributed by atoms with van der Waals surface area (Å²) in [6.07, 6.45) is 3.96. The van der Waals surface area contributed by atoms with E-state index in [2.05, 4.69) is 52.0 Å². The fourth-order valence-corrected chi connectivity index (χ4v) is 3.00. The zero-order valence-electron chi connectivity index (χ0n) is 10.4. The van der Waals surface area contributed by atoms with Crippen LogP contribution in [0.4, 0.5) is 0 Å². The summed E-state index contributed by atoms with van der Waals surface area (Å²) in [5.74, 6) is 0. The second kappa shape index (κ2) is 5.98. The van der Waals surface area contributed by atoms with Crippen molar-refractivity contribution < 1.29 is 0 Å². The van der Waals surface area contributed by atoms with Crippen molar-refractivity contribution in [1.82, 2.24) is 4.90 Å². The minimum Gasteiger partial charge on any atom is -0.329 e. The van der Waals surface area contributed by atoms with E-state index in [1.807, 2.05) is 0 Å². The molecule has 0 spiro atoms. The number of benzene rings is 1. The first-order valence-electron chi connectivity index (χ1n) is 6.43. The lowest BCUT2D eigenvalue weighted by atomic mass is 9.97. The van der Waals surface area contributed by atoms with E-state index < -0.39 is 0 Å². The summed E-state index contributed by atoms with van der Waals surface area (Å²) in [7, 11) is 0. The van der Waals surface area contributed by atoms with Crippen molar-refractivity contribution in [1.29, 1.82) is 0 Å². The van der Waals surface area contributed by atoms with Crippen LogP contribution >= 0.6 is 15.9 Å². The predicted octanol–water partition coefficient (Wildman–Crippen LogP) is 3.32. The van der Waals surface area contributed by atoms with Crippen LogP contribution in [0.15, 0.2) is 28.7 Å². The molecule has 1 saturated heterocycles. The van der Waals surface area contributed by atoms with Gasteiger partial charge in [-0.05, 0) is 44.0 Å². The molecule has 1 aliphatic rings. The van der Waals surface area contributed by atoms with Gasteiger partial charge in [-0.2, -0.15) is 0 Å². The van der Waals surface area contributed by atoms with Crippen molar-refractivity contribution in [2.45, 2.75) is 38.3 Å². The second-order valence-electron chi connectivity index (χ2n) is 4.89. The first-order valence-corrected chi connectivity index (χ1v) is 7.23. The number of rotatable bonds is 3. The fourth-order valence-electron chi connectivity index (χ4n) is 2.73. The molecule has 17 heavy (non-hydrogen) atoms. The average Bonchev–Trinajstić information content (AvgIpc) is 2.35. The van der Waals surface area contributed by atoms with Crippen molar-refractivity contribution in [3.63, 3.8) is 0 Å². The van der Waals surface area contributed by atoms with E-state index >= 15 is 0 Å². The molecular formula is C14H21BrN2. The number of halogens is 1. The molecule has 2 rings (SSSR count). The molecule has 1 aliphatic heterocycles. The van der Waals surface area contributed by atoms with E-state index in [0.29, 0.717) is 18.6 Å². The molecule has 0 radical (unpaired) electrons. The molecule has 1 aromatic carbocycles. The summed E-state index contributed by atoms with van der Waals surface area (Å²) < 4.78 is 1.13. The standard InChI is InChI=1S/C14H21BrN2/c1-11-4-2-3-9-17(11)14(10-16)12-5-7-13(15)8-6-12/h5-8,11,14H,2-4,9-10,16H2,1H3. The Balaban J connectivity index is 2.17. The summed E-state index contributed by atoms with van der Waals surface area (Å²) >= 11 is 3.48. The monoisotopic (exact) mass is 296 g/mol. The molecule has 0 aromatic heterocycles. The number of hydrogen-bond acceptors (Lipinski definition) is 2. The average molecular weight is 297 g/mol. The van der Waals surface area contributed by atoms with Gasteiger partial charge in [0.25, 0.3) is 0 Å².